The lowest BCUT2D eigenvalue weighted by Gasteiger charge is -2.20. The number of halogens is 2. The molecule has 0 radical (unpaired) electrons. The molecular formula is C23H28Cl2N2O8S. The number of rotatable bonds is 12. The number of nitrogens with one attached hydrogen (secondary N) is 1. The van der Waals surface area contributed by atoms with Crippen LogP contribution in [-0.2, 0) is 14.7 Å². The molecule has 2 aromatic carbocycles. The predicted molar refractivity (Wildman–Crippen MR) is 135 cm³/mol. The Morgan fingerprint density at radius 2 is 1.94 bits per heavy atom. The van der Waals surface area contributed by atoms with Gasteiger partial charge in [0.2, 0.25) is 0 Å². The van der Waals surface area contributed by atoms with Gasteiger partial charge in [-0.05, 0) is 30.3 Å². The summed E-state index contributed by atoms with van der Waals surface area (Å²) >= 11 is 12.1. The third kappa shape index (κ3) is 8.68. The van der Waals surface area contributed by atoms with Crippen LogP contribution >= 0.6 is 23.2 Å². The van der Waals surface area contributed by atoms with E-state index in [1.165, 1.54) is 19.2 Å². The molecule has 1 fully saturated rings. The number of amides is 1. The molecule has 1 heterocycles. The van der Waals surface area contributed by atoms with E-state index in [0.717, 1.165) is 6.26 Å². The number of nitrogens with zero attached hydrogens (tertiary/aromatic N) is 1. The van der Waals surface area contributed by atoms with Gasteiger partial charge >= 0.3 is 0 Å². The Bertz CT molecular complexity index is 1150. The Morgan fingerprint density at radius 3 is 2.61 bits per heavy atom. The van der Waals surface area contributed by atoms with Gasteiger partial charge in [-0.2, -0.15) is 5.06 Å². The molecule has 0 saturated carbocycles. The third-order valence-corrected chi connectivity index (χ3v) is 6.49. The molecule has 2 aromatic rings. The summed E-state index contributed by atoms with van der Waals surface area (Å²) < 4.78 is 39.7. The second-order valence-corrected chi connectivity index (χ2v) is 11.2. The van der Waals surface area contributed by atoms with Crippen molar-refractivity contribution in [1.29, 1.82) is 0 Å². The zero-order chi connectivity index (χ0) is 26.3. The van der Waals surface area contributed by atoms with Crippen molar-refractivity contribution in [2.24, 2.45) is 0 Å². The molecule has 1 aliphatic rings. The van der Waals surface area contributed by atoms with E-state index in [1.807, 2.05) is 0 Å². The summed E-state index contributed by atoms with van der Waals surface area (Å²) in [5.41, 5.74) is 0.138. The molecule has 0 spiro atoms. The lowest BCUT2D eigenvalue weighted by Crippen LogP contribution is -2.35. The van der Waals surface area contributed by atoms with E-state index in [4.69, 9.17) is 42.3 Å². The zero-order valence-electron chi connectivity index (χ0n) is 19.8. The smallest absolute Gasteiger partial charge is 0.254 e. The first kappa shape index (κ1) is 28.3. The number of hydroxylamine groups is 2. The Balaban J connectivity index is 1.56. The summed E-state index contributed by atoms with van der Waals surface area (Å²) in [5, 5.41) is 15.3. The summed E-state index contributed by atoms with van der Waals surface area (Å²) in [6.07, 6.45) is -0.0808. The number of aliphatic hydroxyl groups excluding tert-OH is 1. The van der Waals surface area contributed by atoms with Crippen LogP contribution in [0.3, 0.4) is 0 Å². The summed E-state index contributed by atoms with van der Waals surface area (Å²) in [6, 6.07) is 9.76. The molecule has 1 amide bonds. The van der Waals surface area contributed by atoms with Gasteiger partial charge in [-0.3, -0.25) is 9.63 Å². The Labute approximate surface area is 219 Å². The molecule has 2 atom stereocenters. The summed E-state index contributed by atoms with van der Waals surface area (Å²) in [6.45, 7) is 0.619. The van der Waals surface area contributed by atoms with Gasteiger partial charge in [0, 0.05) is 24.4 Å². The maximum absolute atomic E-state index is 12.3. The number of benzene rings is 2. The van der Waals surface area contributed by atoms with E-state index >= 15 is 0 Å². The Hall–Kier alpha value is -2.28. The SMILES string of the molecule is CNC(=O)c1cc(Cl)c(OCCS(C)(=O)=O)cc1OCC(O)CN1C[C@@H](Oc2ccc(Cl)cc2)CO1. The lowest BCUT2D eigenvalue weighted by atomic mass is 10.1. The van der Waals surface area contributed by atoms with Crippen molar-refractivity contribution in [3.63, 3.8) is 0 Å². The highest BCUT2D eigenvalue weighted by Gasteiger charge is 2.27. The molecule has 2 N–H and O–H groups in total. The average molecular weight is 563 g/mol. The molecule has 13 heteroatoms. The van der Waals surface area contributed by atoms with Crippen LogP contribution in [0.15, 0.2) is 36.4 Å². The number of aliphatic hydroxyl groups is 1. The second-order valence-electron chi connectivity index (χ2n) is 8.14. The Kier molecular flexibility index (Phi) is 10.1. The molecule has 0 aromatic heterocycles. The molecule has 1 saturated heterocycles. The van der Waals surface area contributed by atoms with Gasteiger partial charge in [0.25, 0.3) is 5.91 Å². The normalized spacial score (nSPS) is 17.0. The summed E-state index contributed by atoms with van der Waals surface area (Å²) in [4.78, 5) is 17.9. The number of ether oxygens (including phenoxy) is 3. The number of carbonyl (C=O) groups is 1. The van der Waals surface area contributed by atoms with Gasteiger partial charge in [0.05, 0.1) is 29.4 Å². The fourth-order valence-electron chi connectivity index (χ4n) is 3.28. The van der Waals surface area contributed by atoms with E-state index in [0.29, 0.717) is 23.9 Å². The van der Waals surface area contributed by atoms with Crippen molar-refractivity contribution in [2.75, 3.05) is 52.0 Å². The fraction of sp³-hybridized carbons (Fsp3) is 0.435. The van der Waals surface area contributed by atoms with Crippen LogP contribution in [0.2, 0.25) is 10.0 Å². The molecule has 1 aliphatic heterocycles. The largest absolute Gasteiger partial charge is 0.491 e. The molecule has 0 aliphatic carbocycles. The van der Waals surface area contributed by atoms with Crippen LogP contribution in [0, 0.1) is 0 Å². The van der Waals surface area contributed by atoms with Crippen molar-refractivity contribution in [2.45, 2.75) is 12.2 Å². The van der Waals surface area contributed by atoms with Gasteiger partial charge in [0.1, 0.15) is 49.3 Å². The second kappa shape index (κ2) is 12.8. The van der Waals surface area contributed by atoms with Crippen LogP contribution in [0.25, 0.3) is 0 Å². The lowest BCUT2D eigenvalue weighted by molar-refractivity contribution is -0.131. The van der Waals surface area contributed by atoms with Gasteiger partial charge < -0.3 is 24.6 Å². The maximum atomic E-state index is 12.3. The van der Waals surface area contributed by atoms with Crippen molar-refractivity contribution in [3.8, 4) is 17.2 Å². The van der Waals surface area contributed by atoms with Crippen molar-refractivity contribution in [1.82, 2.24) is 10.4 Å². The molecular weight excluding hydrogens is 535 g/mol. The van der Waals surface area contributed by atoms with Gasteiger partial charge in [-0.25, -0.2) is 8.42 Å². The highest BCUT2D eigenvalue weighted by atomic mass is 35.5. The standard InChI is InChI=1S/C23H28Cl2N2O8S/c1-26-23(29)19-9-20(25)22(32-7-8-36(2,30)31)10-21(19)33-13-16(28)11-27-12-18(14-34-27)35-17-5-3-15(24)4-6-17/h3-6,9-10,16,18,28H,7-8,11-14H2,1-2H3,(H,26,29)/t16?,18-/m1/s1. The fourth-order valence-corrected chi connectivity index (χ4v) is 4.01. The van der Waals surface area contributed by atoms with Crippen LogP contribution in [-0.4, -0.2) is 88.7 Å². The van der Waals surface area contributed by atoms with E-state index in [1.54, 1.807) is 29.3 Å². The number of sulfone groups is 1. The van der Waals surface area contributed by atoms with Crippen molar-refractivity contribution >= 4 is 38.9 Å². The minimum Gasteiger partial charge on any atom is -0.491 e. The van der Waals surface area contributed by atoms with Crippen LogP contribution in [0.1, 0.15) is 10.4 Å². The predicted octanol–water partition coefficient (Wildman–Crippen LogP) is 2.21. The molecule has 3 rings (SSSR count). The first-order chi connectivity index (χ1) is 17.0. The van der Waals surface area contributed by atoms with Crippen LogP contribution < -0.4 is 19.5 Å². The molecule has 0 bridgehead atoms. The van der Waals surface area contributed by atoms with Crippen molar-refractivity contribution < 1.29 is 37.4 Å². The molecule has 1 unspecified atom stereocenters. The number of carbonyl (C=O) groups excluding carboxylic acids is 1. The summed E-state index contributed by atoms with van der Waals surface area (Å²) in [5.74, 6) is 0.293. The van der Waals surface area contributed by atoms with Gasteiger partial charge in [-0.1, -0.05) is 23.2 Å². The van der Waals surface area contributed by atoms with E-state index in [9.17, 15) is 18.3 Å². The first-order valence-electron chi connectivity index (χ1n) is 11.0. The van der Waals surface area contributed by atoms with E-state index in [2.05, 4.69) is 5.32 Å². The average Bonchev–Trinajstić information content (AvgIpc) is 3.25. The summed E-state index contributed by atoms with van der Waals surface area (Å²) in [7, 11) is -1.77. The first-order valence-corrected chi connectivity index (χ1v) is 13.8. The van der Waals surface area contributed by atoms with Crippen molar-refractivity contribution in [3.05, 3.63) is 52.0 Å². The molecule has 10 nitrogen and oxygen atoms in total. The zero-order valence-corrected chi connectivity index (χ0v) is 22.1. The number of hydrogen-bond acceptors (Lipinski definition) is 9. The molecule has 36 heavy (non-hydrogen) atoms. The minimum absolute atomic E-state index is 0.118. The van der Waals surface area contributed by atoms with E-state index in [-0.39, 0.29) is 53.7 Å². The quantitative estimate of drug-likeness (QED) is 0.400. The molecule has 198 valence electrons. The third-order valence-electron chi connectivity index (χ3n) is 5.03. The number of hydrogen-bond donors (Lipinski definition) is 2. The van der Waals surface area contributed by atoms with Gasteiger partial charge in [0.15, 0.2) is 9.84 Å². The minimum atomic E-state index is -3.23. The highest BCUT2D eigenvalue weighted by molar-refractivity contribution is 7.90. The Morgan fingerprint density at radius 1 is 1.22 bits per heavy atom. The van der Waals surface area contributed by atoms with Crippen LogP contribution in [0.5, 0.6) is 17.2 Å². The van der Waals surface area contributed by atoms with Gasteiger partial charge in [-0.15, -0.1) is 0 Å². The topological polar surface area (TPSA) is 124 Å². The van der Waals surface area contributed by atoms with E-state index < -0.39 is 21.8 Å². The highest BCUT2D eigenvalue weighted by Crippen LogP contribution is 2.33. The monoisotopic (exact) mass is 562 g/mol. The maximum Gasteiger partial charge on any atom is 0.254 e. The number of β-amino-alcohol motifs (C(OH)–C–C–N with tert-alkyl or cyclic N) is 1. The van der Waals surface area contributed by atoms with Crippen LogP contribution in [0.4, 0.5) is 0 Å².